The predicted octanol–water partition coefficient (Wildman–Crippen LogP) is 3.16. The van der Waals surface area contributed by atoms with Gasteiger partial charge in [-0.1, -0.05) is 0 Å². The highest BCUT2D eigenvalue weighted by Gasteiger charge is 2.16. The Labute approximate surface area is 178 Å². The number of aliphatic imine (C=N–C) groups is 1. The highest BCUT2D eigenvalue weighted by molar-refractivity contribution is 14.0. The third-order valence-corrected chi connectivity index (χ3v) is 5.73. The molecule has 2 aromatic heterocycles. The monoisotopic (exact) mass is 487 g/mol. The third-order valence-electron chi connectivity index (χ3n) is 4.71. The van der Waals surface area contributed by atoms with Crippen molar-refractivity contribution >= 4 is 41.3 Å². The van der Waals surface area contributed by atoms with Gasteiger partial charge in [-0.2, -0.15) is 0 Å². The summed E-state index contributed by atoms with van der Waals surface area (Å²) < 4.78 is 2.16. The maximum atomic E-state index is 4.84. The molecule has 5 nitrogen and oxygen atoms in total. The second kappa shape index (κ2) is 10.3. The molecular formula is C19H30IN5S. The van der Waals surface area contributed by atoms with E-state index in [2.05, 4.69) is 70.5 Å². The second-order valence-corrected chi connectivity index (χ2v) is 7.60. The lowest BCUT2D eigenvalue weighted by atomic mass is 10.1. The SMILES string of the molecule is CCNC(=NCCN1CCc2sccc2C1)N(C)Cc1cccn1C.I. The molecule has 0 bridgehead atoms. The minimum absolute atomic E-state index is 0. The van der Waals surface area contributed by atoms with Gasteiger partial charge in [-0.25, -0.2) is 0 Å². The number of halogens is 1. The van der Waals surface area contributed by atoms with E-state index >= 15 is 0 Å². The van der Waals surface area contributed by atoms with Crippen LogP contribution in [0, 0.1) is 0 Å². The minimum atomic E-state index is 0. The van der Waals surface area contributed by atoms with Gasteiger partial charge >= 0.3 is 0 Å². The lowest BCUT2D eigenvalue weighted by molar-refractivity contribution is 0.263. The van der Waals surface area contributed by atoms with Crippen molar-refractivity contribution in [2.75, 3.05) is 33.2 Å². The molecule has 0 radical (unpaired) electrons. The van der Waals surface area contributed by atoms with Crippen LogP contribution < -0.4 is 5.32 Å². The molecule has 26 heavy (non-hydrogen) atoms. The van der Waals surface area contributed by atoms with Gasteiger partial charge in [0.15, 0.2) is 5.96 Å². The summed E-state index contributed by atoms with van der Waals surface area (Å²) in [5.41, 5.74) is 2.79. The van der Waals surface area contributed by atoms with Gasteiger partial charge in [-0.3, -0.25) is 9.89 Å². The van der Waals surface area contributed by atoms with Crippen LogP contribution in [0.3, 0.4) is 0 Å². The van der Waals surface area contributed by atoms with Crippen LogP contribution in [0.5, 0.6) is 0 Å². The van der Waals surface area contributed by atoms with Gasteiger partial charge < -0.3 is 14.8 Å². The molecule has 3 rings (SSSR count). The van der Waals surface area contributed by atoms with Crippen molar-refractivity contribution in [2.24, 2.45) is 12.0 Å². The summed E-state index contributed by atoms with van der Waals surface area (Å²) in [5.74, 6) is 0.983. The zero-order valence-electron chi connectivity index (χ0n) is 15.9. The van der Waals surface area contributed by atoms with E-state index in [0.29, 0.717) is 0 Å². The molecule has 0 amide bonds. The maximum Gasteiger partial charge on any atom is 0.194 e. The molecule has 0 atom stereocenters. The Bertz CT molecular complexity index is 708. The molecule has 0 unspecified atom stereocenters. The van der Waals surface area contributed by atoms with Crippen LogP contribution in [0.15, 0.2) is 34.8 Å². The summed E-state index contributed by atoms with van der Waals surface area (Å²) in [6.45, 7) is 7.94. The number of thiophene rings is 1. The van der Waals surface area contributed by atoms with E-state index in [1.807, 2.05) is 11.3 Å². The zero-order chi connectivity index (χ0) is 17.6. The molecule has 3 heterocycles. The Hall–Kier alpha value is -1.06. The molecule has 0 aliphatic carbocycles. The molecule has 7 heteroatoms. The van der Waals surface area contributed by atoms with Gasteiger partial charge in [-0.15, -0.1) is 35.3 Å². The summed E-state index contributed by atoms with van der Waals surface area (Å²) in [6.07, 6.45) is 3.27. The van der Waals surface area contributed by atoms with Gasteiger partial charge in [0.05, 0.1) is 13.1 Å². The van der Waals surface area contributed by atoms with E-state index in [1.165, 1.54) is 17.7 Å². The Kier molecular flexibility index (Phi) is 8.43. The average Bonchev–Trinajstić information content (AvgIpc) is 3.23. The van der Waals surface area contributed by atoms with E-state index in [9.17, 15) is 0 Å². The number of fused-ring (bicyclic) bond motifs is 1. The Balaban J connectivity index is 0.00000243. The van der Waals surface area contributed by atoms with Gasteiger partial charge in [0, 0.05) is 57.0 Å². The van der Waals surface area contributed by atoms with Crippen molar-refractivity contribution in [3.63, 3.8) is 0 Å². The summed E-state index contributed by atoms with van der Waals surface area (Å²) in [5, 5.41) is 5.63. The van der Waals surface area contributed by atoms with E-state index in [1.54, 1.807) is 4.88 Å². The van der Waals surface area contributed by atoms with Crippen LogP contribution in [0.25, 0.3) is 0 Å². The molecule has 1 aliphatic rings. The van der Waals surface area contributed by atoms with Crippen molar-refractivity contribution in [1.82, 2.24) is 19.7 Å². The molecule has 0 saturated heterocycles. The third kappa shape index (κ3) is 5.47. The minimum Gasteiger partial charge on any atom is -0.357 e. The molecule has 0 fully saturated rings. The number of rotatable bonds is 6. The molecule has 2 aromatic rings. The first-order chi connectivity index (χ1) is 12.2. The fourth-order valence-electron chi connectivity index (χ4n) is 3.24. The van der Waals surface area contributed by atoms with Gasteiger partial charge in [-0.05, 0) is 42.5 Å². The van der Waals surface area contributed by atoms with Crippen LogP contribution in [0.2, 0.25) is 0 Å². The van der Waals surface area contributed by atoms with Crippen LogP contribution in [-0.4, -0.2) is 53.6 Å². The number of guanidine groups is 1. The van der Waals surface area contributed by atoms with E-state index in [4.69, 9.17) is 4.99 Å². The van der Waals surface area contributed by atoms with Crippen molar-refractivity contribution in [1.29, 1.82) is 0 Å². The molecule has 0 saturated carbocycles. The summed E-state index contributed by atoms with van der Waals surface area (Å²) in [7, 11) is 4.19. The van der Waals surface area contributed by atoms with Gasteiger partial charge in [0.25, 0.3) is 0 Å². The predicted molar refractivity (Wildman–Crippen MR) is 122 cm³/mol. The average molecular weight is 487 g/mol. The molecule has 1 N–H and O–H groups in total. The van der Waals surface area contributed by atoms with Crippen molar-refractivity contribution in [3.8, 4) is 0 Å². The second-order valence-electron chi connectivity index (χ2n) is 6.60. The molecule has 0 aromatic carbocycles. The van der Waals surface area contributed by atoms with E-state index < -0.39 is 0 Å². The quantitative estimate of drug-likeness (QED) is 0.387. The normalized spacial score (nSPS) is 14.7. The molecule has 1 aliphatic heterocycles. The highest BCUT2D eigenvalue weighted by atomic mass is 127. The van der Waals surface area contributed by atoms with Crippen LogP contribution in [0.4, 0.5) is 0 Å². The van der Waals surface area contributed by atoms with Crippen LogP contribution in [-0.2, 0) is 26.6 Å². The summed E-state index contributed by atoms with van der Waals surface area (Å²) >= 11 is 1.90. The summed E-state index contributed by atoms with van der Waals surface area (Å²) in [4.78, 5) is 11.1. The van der Waals surface area contributed by atoms with E-state index in [0.717, 1.165) is 45.2 Å². The molecular weight excluding hydrogens is 457 g/mol. The Morgan fingerprint density at radius 2 is 2.23 bits per heavy atom. The zero-order valence-corrected chi connectivity index (χ0v) is 19.1. The fourth-order valence-corrected chi connectivity index (χ4v) is 4.13. The Morgan fingerprint density at radius 3 is 2.96 bits per heavy atom. The van der Waals surface area contributed by atoms with E-state index in [-0.39, 0.29) is 24.0 Å². The number of aryl methyl sites for hydroxylation is 1. The van der Waals surface area contributed by atoms with Crippen LogP contribution in [0.1, 0.15) is 23.1 Å². The number of hydrogen-bond acceptors (Lipinski definition) is 3. The number of aromatic nitrogens is 1. The first-order valence-electron chi connectivity index (χ1n) is 9.04. The Morgan fingerprint density at radius 1 is 1.38 bits per heavy atom. The standard InChI is InChI=1S/C19H29N5S.HI/c1-4-20-19(23(3)15-17-6-5-10-22(17)2)21-9-12-24-11-7-18-16(14-24)8-13-25-18;/h5-6,8,10,13H,4,7,9,11-12,14-15H2,1-3H3,(H,20,21);1H. The van der Waals surface area contributed by atoms with Crippen molar-refractivity contribution < 1.29 is 0 Å². The highest BCUT2D eigenvalue weighted by Crippen LogP contribution is 2.23. The number of nitrogens with zero attached hydrogens (tertiary/aromatic N) is 4. The van der Waals surface area contributed by atoms with Crippen molar-refractivity contribution in [3.05, 3.63) is 45.9 Å². The number of nitrogens with one attached hydrogen (secondary N) is 1. The lowest BCUT2D eigenvalue weighted by Gasteiger charge is -2.27. The molecule has 0 spiro atoms. The number of hydrogen-bond donors (Lipinski definition) is 1. The maximum absolute atomic E-state index is 4.84. The van der Waals surface area contributed by atoms with Gasteiger partial charge in [0.1, 0.15) is 0 Å². The summed E-state index contributed by atoms with van der Waals surface area (Å²) in [6, 6.07) is 6.52. The van der Waals surface area contributed by atoms with Gasteiger partial charge in [0.2, 0.25) is 0 Å². The lowest BCUT2D eigenvalue weighted by Crippen LogP contribution is -2.39. The topological polar surface area (TPSA) is 35.8 Å². The largest absolute Gasteiger partial charge is 0.357 e. The first kappa shape index (κ1) is 21.2. The molecule has 144 valence electrons. The van der Waals surface area contributed by atoms with Crippen LogP contribution >= 0.6 is 35.3 Å². The van der Waals surface area contributed by atoms with Crippen molar-refractivity contribution in [2.45, 2.75) is 26.4 Å². The first-order valence-corrected chi connectivity index (χ1v) is 9.92. The fraction of sp³-hybridized carbons (Fsp3) is 0.526. The smallest absolute Gasteiger partial charge is 0.194 e.